The number of nitrogens with zero attached hydrogens (tertiary/aromatic N) is 1. The van der Waals surface area contributed by atoms with Gasteiger partial charge in [0.1, 0.15) is 11.4 Å². The van der Waals surface area contributed by atoms with Gasteiger partial charge >= 0.3 is 0 Å². The van der Waals surface area contributed by atoms with Crippen LogP contribution in [-0.2, 0) is 4.74 Å². The van der Waals surface area contributed by atoms with Crippen molar-refractivity contribution in [2.75, 3.05) is 5.32 Å². The molecule has 2 rings (SSSR count). The Balaban J connectivity index is 2.18. The van der Waals surface area contributed by atoms with Gasteiger partial charge in [0.15, 0.2) is 0 Å². The van der Waals surface area contributed by atoms with Crippen LogP contribution in [0.25, 0.3) is 0 Å². The van der Waals surface area contributed by atoms with Gasteiger partial charge in [-0.1, -0.05) is 0 Å². The molecule has 2 unspecified atom stereocenters. The summed E-state index contributed by atoms with van der Waals surface area (Å²) >= 11 is 0. The van der Waals surface area contributed by atoms with Gasteiger partial charge in [-0.15, -0.1) is 0 Å². The second-order valence-corrected chi connectivity index (χ2v) is 4.99. The number of benzene rings is 1. The number of anilines is 1. The van der Waals surface area contributed by atoms with E-state index in [1.54, 1.807) is 12.1 Å². The van der Waals surface area contributed by atoms with Crippen molar-refractivity contribution in [1.29, 1.82) is 5.26 Å². The average molecular weight is 248 g/mol. The Morgan fingerprint density at radius 2 is 1.83 bits per heavy atom. The topological polar surface area (TPSA) is 45.0 Å². The Kier molecular flexibility index (Phi) is 3.53. The third-order valence-corrected chi connectivity index (χ3v) is 3.18. The van der Waals surface area contributed by atoms with E-state index in [4.69, 9.17) is 4.74 Å². The van der Waals surface area contributed by atoms with Gasteiger partial charge in [0.05, 0.1) is 18.3 Å². The van der Waals surface area contributed by atoms with Crippen LogP contribution in [0, 0.1) is 17.1 Å². The minimum atomic E-state index is -0.630. The summed E-state index contributed by atoms with van der Waals surface area (Å²) in [6.45, 7) is 3.93. The molecule has 1 fully saturated rings. The Bertz CT molecular complexity index is 442. The summed E-state index contributed by atoms with van der Waals surface area (Å²) in [6.07, 6.45) is 1.35. The highest BCUT2D eigenvalue weighted by atomic mass is 19.1. The Hall–Kier alpha value is -1.60. The van der Waals surface area contributed by atoms with E-state index in [1.165, 1.54) is 12.1 Å². The molecular weight excluding hydrogens is 231 g/mol. The number of rotatable bonds is 2. The molecule has 1 heterocycles. The van der Waals surface area contributed by atoms with Crippen molar-refractivity contribution in [3.63, 3.8) is 0 Å². The zero-order chi connectivity index (χ0) is 13.2. The predicted molar refractivity (Wildman–Crippen MR) is 67.6 cm³/mol. The SMILES string of the molecule is CC1CC(C#N)(Nc2ccc(F)cc2)CC(C)O1. The summed E-state index contributed by atoms with van der Waals surface area (Å²) in [5.74, 6) is -0.278. The predicted octanol–water partition coefficient (Wildman–Crippen LogP) is 3.09. The average Bonchev–Trinajstić information content (AvgIpc) is 2.31. The van der Waals surface area contributed by atoms with E-state index in [9.17, 15) is 9.65 Å². The van der Waals surface area contributed by atoms with Crippen LogP contribution in [0.3, 0.4) is 0 Å². The highest BCUT2D eigenvalue weighted by molar-refractivity contribution is 5.48. The zero-order valence-electron chi connectivity index (χ0n) is 10.6. The molecule has 0 saturated carbocycles. The van der Waals surface area contributed by atoms with Crippen molar-refractivity contribution >= 4 is 5.69 Å². The van der Waals surface area contributed by atoms with Gasteiger partial charge in [-0.2, -0.15) is 5.26 Å². The molecule has 4 heteroatoms. The minimum absolute atomic E-state index is 0.0429. The Morgan fingerprint density at radius 1 is 1.28 bits per heavy atom. The molecule has 2 atom stereocenters. The lowest BCUT2D eigenvalue weighted by Gasteiger charge is -2.39. The van der Waals surface area contributed by atoms with Gasteiger partial charge in [0, 0.05) is 18.5 Å². The third kappa shape index (κ3) is 2.80. The van der Waals surface area contributed by atoms with Gasteiger partial charge in [-0.25, -0.2) is 4.39 Å². The second kappa shape index (κ2) is 4.95. The maximum absolute atomic E-state index is 12.9. The van der Waals surface area contributed by atoms with E-state index >= 15 is 0 Å². The van der Waals surface area contributed by atoms with Crippen LogP contribution < -0.4 is 5.32 Å². The number of nitrogens with one attached hydrogen (secondary N) is 1. The van der Waals surface area contributed by atoms with Gasteiger partial charge < -0.3 is 10.1 Å². The standard InChI is InChI=1S/C14H17FN2O/c1-10-7-14(9-16,8-11(2)18-10)17-13-5-3-12(15)4-6-13/h3-6,10-11,17H,7-8H2,1-2H3. The summed E-state index contributed by atoms with van der Waals surface area (Å²) in [7, 11) is 0. The number of nitriles is 1. The Morgan fingerprint density at radius 3 is 2.33 bits per heavy atom. The molecule has 3 nitrogen and oxygen atoms in total. The molecule has 1 aromatic rings. The van der Waals surface area contributed by atoms with E-state index in [-0.39, 0.29) is 18.0 Å². The third-order valence-electron chi connectivity index (χ3n) is 3.18. The van der Waals surface area contributed by atoms with Crippen molar-refractivity contribution in [1.82, 2.24) is 0 Å². The normalized spacial score (nSPS) is 31.7. The van der Waals surface area contributed by atoms with E-state index in [1.807, 2.05) is 13.8 Å². The fourth-order valence-electron chi connectivity index (χ4n) is 2.59. The van der Waals surface area contributed by atoms with E-state index in [0.717, 1.165) is 5.69 Å². The van der Waals surface area contributed by atoms with Gasteiger partial charge in [-0.05, 0) is 38.1 Å². The van der Waals surface area contributed by atoms with Crippen molar-refractivity contribution in [3.05, 3.63) is 30.1 Å². The highest BCUT2D eigenvalue weighted by Crippen LogP contribution is 2.31. The first kappa shape index (κ1) is 12.8. The second-order valence-electron chi connectivity index (χ2n) is 4.99. The lowest BCUT2D eigenvalue weighted by atomic mass is 9.85. The van der Waals surface area contributed by atoms with Crippen molar-refractivity contribution in [3.8, 4) is 6.07 Å². The smallest absolute Gasteiger partial charge is 0.130 e. The number of hydrogen-bond acceptors (Lipinski definition) is 3. The van der Waals surface area contributed by atoms with E-state index in [2.05, 4.69) is 11.4 Å². The fourth-order valence-corrected chi connectivity index (χ4v) is 2.59. The maximum Gasteiger partial charge on any atom is 0.130 e. The van der Waals surface area contributed by atoms with Crippen molar-refractivity contribution < 1.29 is 9.13 Å². The number of ether oxygens (including phenoxy) is 1. The summed E-state index contributed by atoms with van der Waals surface area (Å²) in [5.41, 5.74) is 0.133. The molecule has 96 valence electrons. The zero-order valence-corrected chi connectivity index (χ0v) is 10.6. The molecule has 0 amide bonds. The first-order valence-corrected chi connectivity index (χ1v) is 6.13. The molecule has 0 aliphatic carbocycles. The van der Waals surface area contributed by atoms with E-state index < -0.39 is 5.54 Å². The van der Waals surface area contributed by atoms with Crippen LogP contribution in [0.5, 0.6) is 0 Å². The quantitative estimate of drug-likeness (QED) is 0.874. The van der Waals surface area contributed by atoms with Crippen LogP contribution in [-0.4, -0.2) is 17.7 Å². The molecule has 1 aliphatic rings. The summed E-state index contributed by atoms with van der Waals surface area (Å²) in [6, 6.07) is 8.44. The molecular formula is C14H17FN2O. The van der Waals surface area contributed by atoms with Crippen LogP contribution in [0.15, 0.2) is 24.3 Å². The van der Waals surface area contributed by atoms with Crippen LogP contribution in [0.2, 0.25) is 0 Å². The molecule has 0 aromatic heterocycles. The molecule has 18 heavy (non-hydrogen) atoms. The molecule has 1 aliphatic heterocycles. The Labute approximate surface area is 107 Å². The monoisotopic (exact) mass is 248 g/mol. The number of hydrogen-bond donors (Lipinski definition) is 1. The summed E-state index contributed by atoms with van der Waals surface area (Å²) in [5, 5.41) is 12.7. The molecule has 1 N–H and O–H groups in total. The maximum atomic E-state index is 12.9. The largest absolute Gasteiger partial charge is 0.375 e. The van der Waals surface area contributed by atoms with Gasteiger partial charge in [0.2, 0.25) is 0 Å². The first-order chi connectivity index (χ1) is 8.53. The highest BCUT2D eigenvalue weighted by Gasteiger charge is 2.38. The van der Waals surface area contributed by atoms with Crippen LogP contribution in [0.1, 0.15) is 26.7 Å². The summed E-state index contributed by atoms with van der Waals surface area (Å²) in [4.78, 5) is 0. The molecule has 1 aromatic carbocycles. The first-order valence-electron chi connectivity index (χ1n) is 6.13. The lowest BCUT2D eigenvalue weighted by molar-refractivity contribution is -0.0451. The van der Waals surface area contributed by atoms with Crippen molar-refractivity contribution in [2.45, 2.75) is 44.4 Å². The summed E-state index contributed by atoms with van der Waals surface area (Å²) < 4.78 is 18.5. The van der Waals surface area contributed by atoms with Crippen molar-refractivity contribution in [2.24, 2.45) is 0 Å². The van der Waals surface area contributed by atoms with Gasteiger partial charge in [0.25, 0.3) is 0 Å². The fraction of sp³-hybridized carbons (Fsp3) is 0.500. The minimum Gasteiger partial charge on any atom is -0.375 e. The molecule has 1 saturated heterocycles. The number of halogens is 1. The van der Waals surface area contributed by atoms with Crippen LogP contribution >= 0.6 is 0 Å². The van der Waals surface area contributed by atoms with E-state index in [0.29, 0.717) is 12.8 Å². The van der Waals surface area contributed by atoms with Gasteiger partial charge in [-0.3, -0.25) is 0 Å². The molecule has 0 spiro atoms. The molecule has 0 radical (unpaired) electrons. The molecule has 0 bridgehead atoms. The van der Waals surface area contributed by atoms with Crippen LogP contribution in [0.4, 0.5) is 10.1 Å². The lowest BCUT2D eigenvalue weighted by Crippen LogP contribution is -2.47.